The summed E-state index contributed by atoms with van der Waals surface area (Å²) in [6.45, 7) is 12.4. The fourth-order valence-electron chi connectivity index (χ4n) is 4.78. The maximum atomic E-state index is 9.60. The average Bonchev–Trinajstić information content (AvgIpc) is 3.39. The molecular weight excluding hydrogens is 406 g/mol. The smallest absolute Gasteiger partial charge is 0.177 e. The number of hydrogen-bond donors (Lipinski definition) is 1. The van der Waals surface area contributed by atoms with Gasteiger partial charge in [0.05, 0.1) is 32.6 Å². The molecule has 0 amide bonds. The lowest BCUT2D eigenvalue weighted by molar-refractivity contribution is -0.213. The first-order valence-electron chi connectivity index (χ1n) is 11.8. The molecule has 1 spiro atoms. The van der Waals surface area contributed by atoms with Crippen molar-refractivity contribution < 1.29 is 14.6 Å². The summed E-state index contributed by atoms with van der Waals surface area (Å²) in [6.07, 6.45) is 4.16. The topological polar surface area (TPSA) is 75.9 Å². The molecule has 8 heteroatoms. The number of aromatic nitrogens is 3. The SMILES string of the molecule is CCN(CC)c1cc(N2CC(C)(CO)C2)ccc1-c1cn(CC2OCC3(CC3)CO2)nn1. The van der Waals surface area contributed by atoms with Gasteiger partial charge in [-0.25, -0.2) is 4.68 Å². The second kappa shape index (κ2) is 8.32. The van der Waals surface area contributed by atoms with E-state index < -0.39 is 0 Å². The van der Waals surface area contributed by atoms with Gasteiger partial charge in [-0.1, -0.05) is 12.1 Å². The van der Waals surface area contributed by atoms with Gasteiger partial charge in [-0.05, 0) is 44.9 Å². The van der Waals surface area contributed by atoms with Crippen molar-refractivity contribution in [2.24, 2.45) is 10.8 Å². The van der Waals surface area contributed by atoms with E-state index in [4.69, 9.17) is 9.47 Å². The molecule has 2 aliphatic heterocycles. The van der Waals surface area contributed by atoms with Gasteiger partial charge in [-0.15, -0.1) is 5.10 Å². The Hall–Kier alpha value is -2.16. The third-order valence-electron chi connectivity index (χ3n) is 7.24. The second-order valence-electron chi connectivity index (χ2n) is 10.1. The van der Waals surface area contributed by atoms with Gasteiger partial charge in [0, 0.05) is 53.9 Å². The highest BCUT2D eigenvalue weighted by atomic mass is 16.7. The van der Waals surface area contributed by atoms with Crippen molar-refractivity contribution in [1.82, 2.24) is 15.0 Å². The van der Waals surface area contributed by atoms with Crippen LogP contribution in [0.3, 0.4) is 0 Å². The highest BCUT2D eigenvalue weighted by Gasteiger charge is 2.47. The van der Waals surface area contributed by atoms with Gasteiger partial charge in [-0.2, -0.15) is 0 Å². The highest BCUT2D eigenvalue weighted by molar-refractivity contribution is 5.80. The van der Waals surface area contributed by atoms with Crippen LogP contribution >= 0.6 is 0 Å². The first-order valence-corrected chi connectivity index (χ1v) is 11.8. The number of rotatable bonds is 8. The highest BCUT2D eigenvalue weighted by Crippen LogP contribution is 2.48. The molecule has 1 saturated carbocycles. The minimum absolute atomic E-state index is 0.000852. The van der Waals surface area contributed by atoms with E-state index in [9.17, 15) is 5.11 Å². The van der Waals surface area contributed by atoms with Crippen LogP contribution in [0.2, 0.25) is 0 Å². The number of hydrogen-bond acceptors (Lipinski definition) is 7. The largest absolute Gasteiger partial charge is 0.396 e. The normalized spacial score (nSPS) is 21.6. The third-order valence-corrected chi connectivity index (χ3v) is 7.24. The zero-order valence-corrected chi connectivity index (χ0v) is 19.5. The molecule has 0 bridgehead atoms. The fourth-order valence-corrected chi connectivity index (χ4v) is 4.78. The number of aliphatic hydroxyl groups is 1. The van der Waals surface area contributed by atoms with E-state index in [1.54, 1.807) is 0 Å². The number of aliphatic hydroxyl groups excluding tert-OH is 1. The lowest BCUT2D eigenvalue weighted by Crippen LogP contribution is -2.56. The molecule has 0 radical (unpaired) electrons. The summed E-state index contributed by atoms with van der Waals surface area (Å²) in [5.74, 6) is 0. The molecule has 3 aliphatic rings. The summed E-state index contributed by atoms with van der Waals surface area (Å²) in [4.78, 5) is 4.68. The molecule has 2 aromatic rings. The minimum Gasteiger partial charge on any atom is -0.396 e. The van der Waals surface area contributed by atoms with Crippen LogP contribution in [0.4, 0.5) is 11.4 Å². The van der Waals surface area contributed by atoms with Crippen molar-refractivity contribution in [2.45, 2.75) is 46.4 Å². The van der Waals surface area contributed by atoms with Crippen LogP contribution in [-0.4, -0.2) is 72.4 Å². The second-order valence-corrected chi connectivity index (χ2v) is 10.1. The molecule has 2 saturated heterocycles. The Morgan fingerprint density at radius 3 is 2.50 bits per heavy atom. The molecule has 8 nitrogen and oxygen atoms in total. The molecule has 3 heterocycles. The van der Waals surface area contributed by atoms with Gasteiger partial charge in [-0.3, -0.25) is 0 Å². The van der Waals surface area contributed by atoms with Gasteiger partial charge in [0.1, 0.15) is 5.69 Å². The quantitative estimate of drug-likeness (QED) is 0.675. The van der Waals surface area contributed by atoms with E-state index in [2.05, 4.69) is 59.1 Å². The fraction of sp³-hybridized carbons (Fsp3) is 0.667. The van der Waals surface area contributed by atoms with Crippen molar-refractivity contribution in [1.29, 1.82) is 0 Å². The predicted octanol–water partition coefficient (Wildman–Crippen LogP) is 2.76. The number of benzene rings is 1. The maximum absolute atomic E-state index is 9.60. The van der Waals surface area contributed by atoms with Crippen LogP contribution in [0.25, 0.3) is 11.3 Å². The Kier molecular flexibility index (Phi) is 5.63. The zero-order valence-electron chi connectivity index (χ0n) is 19.5. The molecule has 3 fully saturated rings. The summed E-state index contributed by atoms with van der Waals surface area (Å²) in [7, 11) is 0. The van der Waals surface area contributed by atoms with E-state index >= 15 is 0 Å². The Morgan fingerprint density at radius 1 is 1.16 bits per heavy atom. The first-order chi connectivity index (χ1) is 15.5. The van der Waals surface area contributed by atoms with Crippen molar-refractivity contribution in [2.75, 3.05) is 55.8 Å². The molecule has 32 heavy (non-hydrogen) atoms. The monoisotopic (exact) mass is 441 g/mol. The van der Waals surface area contributed by atoms with Gasteiger partial charge in [0.15, 0.2) is 6.29 Å². The van der Waals surface area contributed by atoms with E-state index in [0.29, 0.717) is 12.0 Å². The van der Waals surface area contributed by atoms with Crippen molar-refractivity contribution >= 4 is 11.4 Å². The molecule has 174 valence electrons. The van der Waals surface area contributed by atoms with Crippen LogP contribution in [0.1, 0.15) is 33.6 Å². The molecule has 1 N–H and O–H groups in total. The molecule has 1 aromatic carbocycles. The molecule has 1 aliphatic carbocycles. The lowest BCUT2D eigenvalue weighted by Gasteiger charge is -2.48. The summed E-state index contributed by atoms with van der Waals surface area (Å²) in [5, 5.41) is 18.4. The standard InChI is InChI=1S/C24H35N5O3/c1-4-27(5-2)21-10-18(28-13-23(3,14-28)15-30)6-7-19(21)20-11-29(26-25-20)12-22-31-16-24(8-9-24)17-32-22/h6-7,10-11,22,30H,4-5,8-9,12-17H2,1-3H3. The summed E-state index contributed by atoms with van der Waals surface area (Å²) < 4.78 is 13.7. The van der Waals surface area contributed by atoms with E-state index in [0.717, 1.165) is 56.3 Å². The van der Waals surface area contributed by atoms with Crippen LogP contribution < -0.4 is 9.80 Å². The number of ether oxygens (including phenoxy) is 2. The first kappa shape index (κ1) is 21.7. The van der Waals surface area contributed by atoms with E-state index in [1.807, 2.05) is 10.9 Å². The van der Waals surface area contributed by atoms with Crippen molar-refractivity contribution in [3.63, 3.8) is 0 Å². The summed E-state index contributed by atoms with van der Waals surface area (Å²) in [6, 6.07) is 6.55. The molecule has 0 unspecified atom stereocenters. The number of anilines is 2. The van der Waals surface area contributed by atoms with Crippen LogP contribution in [0.5, 0.6) is 0 Å². The lowest BCUT2D eigenvalue weighted by atomic mass is 9.82. The molecule has 1 aromatic heterocycles. The van der Waals surface area contributed by atoms with Crippen molar-refractivity contribution in [3.05, 3.63) is 24.4 Å². The van der Waals surface area contributed by atoms with Crippen molar-refractivity contribution in [3.8, 4) is 11.3 Å². The summed E-state index contributed by atoms with van der Waals surface area (Å²) in [5.41, 5.74) is 4.59. The van der Waals surface area contributed by atoms with E-state index in [-0.39, 0.29) is 18.3 Å². The Bertz CT molecular complexity index is 937. The Labute approximate surface area is 190 Å². The Balaban J connectivity index is 1.34. The van der Waals surface area contributed by atoms with E-state index in [1.165, 1.54) is 18.5 Å². The molecule has 5 rings (SSSR count). The third kappa shape index (κ3) is 4.11. The van der Waals surface area contributed by atoms with Gasteiger partial charge < -0.3 is 24.4 Å². The minimum atomic E-state index is -0.257. The average molecular weight is 442 g/mol. The predicted molar refractivity (Wildman–Crippen MR) is 124 cm³/mol. The maximum Gasteiger partial charge on any atom is 0.177 e. The zero-order chi connectivity index (χ0) is 22.3. The van der Waals surface area contributed by atoms with Crippen LogP contribution in [-0.2, 0) is 16.0 Å². The van der Waals surface area contributed by atoms with Gasteiger partial charge >= 0.3 is 0 Å². The number of nitrogens with zero attached hydrogens (tertiary/aromatic N) is 5. The van der Waals surface area contributed by atoms with Gasteiger partial charge in [0.25, 0.3) is 0 Å². The molecular formula is C24H35N5O3. The molecule has 0 atom stereocenters. The van der Waals surface area contributed by atoms with Crippen LogP contribution in [0.15, 0.2) is 24.4 Å². The van der Waals surface area contributed by atoms with Crippen LogP contribution in [0, 0.1) is 10.8 Å². The Morgan fingerprint density at radius 2 is 1.88 bits per heavy atom. The summed E-state index contributed by atoms with van der Waals surface area (Å²) >= 11 is 0. The van der Waals surface area contributed by atoms with Gasteiger partial charge in [0.2, 0.25) is 0 Å².